The average molecular weight is 449 g/mol. The van der Waals surface area contributed by atoms with Gasteiger partial charge in [-0.05, 0) is 44.0 Å². The molecule has 1 aromatic carbocycles. The first-order valence-electron chi connectivity index (χ1n) is 10.0. The number of sulfonamides is 1. The number of anilines is 1. The van der Waals surface area contributed by atoms with Gasteiger partial charge in [0.15, 0.2) is 0 Å². The minimum absolute atomic E-state index is 0.00635. The minimum atomic E-state index is -3.74. The maximum atomic E-state index is 13.0. The summed E-state index contributed by atoms with van der Waals surface area (Å²) in [6, 6.07) is 6.20. The molecule has 0 bridgehead atoms. The van der Waals surface area contributed by atoms with Gasteiger partial charge in [-0.2, -0.15) is 4.31 Å². The average Bonchev–Trinajstić information content (AvgIpc) is 2.75. The lowest BCUT2D eigenvalue weighted by Crippen LogP contribution is -2.38. The van der Waals surface area contributed by atoms with E-state index in [0.717, 1.165) is 11.3 Å². The van der Waals surface area contributed by atoms with Crippen molar-refractivity contribution in [1.29, 1.82) is 0 Å². The third-order valence-corrected chi connectivity index (χ3v) is 7.06. The van der Waals surface area contributed by atoms with Crippen LogP contribution in [0.3, 0.4) is 0 Å². The zero-order valence-corrected chi connectivity index (χ0v) is 19.1. The molecule has 0 aliphatic carbocycles. The molecule has 0 unspecified atom stereocenters. The van der Waals surface area contributed by atoms with Crippen molar-refractivity contribution >= 4 is 21.7 Å². The van der Waals surface area contributed by atoms with E-state index in [9.17, 15) is 13.2 Å². The van der Waals surface area contributed by atoms with Gasteiger partial charge in [0, 0.05) is 45.0 Å². The minimum Gasteiger partial charge on any atom is -0.497 e. The summed E-state index contributed by atoms with van der Waals surface area (Å²) in [5, 5.41) is 0. The Kier molecular flexibility index (Phi) is 7.24. The lowest BCUT2D eigenvalue weighted by atomic mass is 10.0. The maximum absolute atomic E-state index is 13.0. The second kappa shape index (κ2) is 9.71. The lowest BCUT2D eigenvalue weighted by molar-refractivity contribution is -0.119. The molecule has 2 aromatic rings. The van der Waals surface area contributed by atoms with Crippen LogP contribution in [-0.2, 0) is 32.5 Å². The van der Waals surface area contributed by atoms with Crippen LogP contribution in [0, 0.1) is 6.92 Å². The first kappa shape index (κ1) is 23.1. The van der Waals surface area contributed by atoms with E-state index >= 15 is 0 Å². The molecule has 10 heteroatoms. The Labute approximate surface area is 183 Å². The van der Waals surface area contributed by atoms with E-state index in [1.807, 2.05) is 6.92 Å². The third kappa shape index (κ3) is 5.03. The molecular formula is C21H28N4O5S. The molecule has 0 saturated heterocycles. The molecule has 2 heterocycles. The molecule has 31 heavy (non-hydrogen) atoms. The number of aryl methyl sites for hydroxylation is 1. The van der Waals surface area contributed by atoms with Crippen LogP contribution < -0.4 is 9.64 Å². The largest absolute Gasteiger partial charge is 0.497 e. The summed E-state index contributed by atoms with van der Waals surface area (Å²) < 4.78 is 37.3. The summed E-state index contributed by atoms with van der Waals surface area (Å²) in [5.74, 6) is 1.51. The fourth-order valence-electron chi connectivity index (χ4n) is 3.52. The van der Waals surface area contributed by atoms with Crippen LogP contribution in [0.2, 0.25) is 0 Å². The van der Waals surface area contributed by atoms with Gasteiger partial charge in [0.05, 0.1) is 18.6 Å². The van der Waals surface area contributed by atoms with E-state index in [0.29, 0.717) is 49.8 Å². The van der Waals surface area contributed by atoms with E-state index in [1.54, 1.807) is 24.1 Å². The first-order chi connectivity index (χ1) is 14.8. The molecule has 1 aliphatic heterocycles. The van der Waals surface area contributed by atoms with Crippen molar-refractivity contribution in [3.05, 3.63) is 41.3 Å². The molecule has 9 nitrogen and oxygen atoms in total. The topological polar surface area (TPSA) is 102 Å². The molecule has 1 amide bonds. The van der Waals surface area contributed by atoms with Gasteiger partial charge in [-0.3, -0.25) is 9.69 Å². The number of carbonyl (C=O) groups excluding carboxylic acids is 1. The fourth-order valence-corrected chi connectivity index (χ4v) is 4.64. The van der Waals surface area contributed by atoms with Crippen molar-refractivity contribution in [1.82, 2.24) is 14.3 Å². The molecule has 0 saturated carbocycles. The predicted octanol–water partition coefficient (Wildman–Crippen LogP) is 1.93. The van der Waals surface area contributed by atoms with Crippen molar-refractivity contribution in [3.63, 3.8) is 0 Å². The highest BCUT2D eigenvalue weighted by atomic mass is 32.2. The quantitative estimate of drug-likeness (QED) is 0.540. The monoisotopic (exact) mass is 448 g/mol. The standard InChI is InChI=1S/C21H28N4O5S/c1-15-18-10-11-20(26)25(12-5-13-29-3)21(18)23-19(22-15)14-24(2)31(27,28)17-8-6-16(30-4)7-9-17/h6-9H,5,10-14H2,1-4H3. The van der Waals surface area contributed by atoms with Crippen molar-refractivity contribution in [3.8, 4) is 5.75 Å². The molecule has 0 N–H and O–H groups in total. The number of benzene rings is 1. The summed E-state index contributed by atoms with van der Waals surface area (Å²) in [6.45, 7) is 2.89. The van der Waals surface area contributed by atoms with Gasteiger partial charge in [-0.1, -0.05) is 0 Å². The molecule has 0 radical (unpaired) electrons. The molecule has 168 valence electrons. The van der Waals surface area contributed by atoms with Crippen LogP contribution in [0.25, 0.3) is 0 Å². The number of ether oxygens (including phenoxy) is 2. The third-order valence-electron chi connectivity index (χ3n) is 5.25. The summed E-state index contributed by atoms with van der Waals surface area (Å²) >= 11 is 0. The van der Waals surface area contributed by atoms with E-state index in [2.05, 4.69) is 9.97 Å². The number of nitrogens with zero attached hydrogens (tertiary/aromatic N) is 4. The van der Waals surface area contributed by atoms with Gasteiger partial charge in [0.2, 0.25) is 15.9 Å². The second-order valence-corrected chi connectivity index (χ2v) is 9.40. The lowest BCUT2D eigenvalue weighted by Gasteiger charge is -2.29. The highest BCUT2D eigenvalue weighted by molar-refractivity contribution is 7.89. The number of methoxy groups -OCH3 is 2. The van der Waals surface area contributed by atoms with Crippen molar-refractivity contribution in [2.24, 2.45) is 0 Å². The van der Waals surface area contributed by atoms with Gasteiger partial charge in [-0.15, -0.1) is 0 Å². The Morgan fingerprint density at radius 1 is 1.13 bits per heavy atom. The van der Waals surface area contributed by atoms with Crippen molar-refractivity contribution < 1.29 is 22.7 Å². The van der Waals surface area contributed by atoms with Crippen LogP contribution in [-0.4, -0.2) is 63.0 Å². The highest BCUT2D eigenvalue weighted by Gasteiger charge is 2.29. The first-order valence-corrected chi connectivity index (χ1v) is 11.5. The Hall–Kier alpha value is -2.56. The molecule has 0 fully saturated rings. The van der Waals surface area contributed by atoms with Crippen LogP contribution in [0.5, 0.6) is 5.75 Å². The molecular weight excluding hydrogens is 420 g/mol. The normalized spacial score (nSPS) is 14.1. The summed E-state index contributed by atoms with van der Waals surface area (Å²) in [4.78, 5) is 23.4. The van der Waals surface area contributed by atoms with E-state index < -0.39 is 10.0 Å². The second-order valence-electron chi connectivity index (χ2n) is 7.36. The molecule has 1 aliphatic rings. The number of fused-ring (bicyclic) bond motifs is 1. The van der Waals surface area contributed by atoms with Crippen molar-refractivity contribution in [2.75, 3.05) is 39.3 Å². The summed E-state index contributed by atoms with van der Waals surface area (Å²) in [7, 11) is 0.891. The zero-order chi connectivity index (χ0) is 22.6. The molecule has 1 aromatic heterocycles. The Morgan fingerprint density at radius 3 is 2.48 bits per heavy atom. The van der Waals surface area contributed by atoms with Gasteiger partial charge in [0.1, 0.15) is 17.4 Å². The number of hydrogen-bond donors (Lipinski definition) is 0. The number of amides is 1. The Morgan fingerprint density at radius 2 is 1.84 bits per heavy atom. The number of carbonyl (C=O) groups is 1. The number of aromatic nitrogens is 2. The number of rotatable bonds is 9. The Bertz CT molecular complexity index is 1040. The predicted molar refractivity (Wildman–Crippen MR) is 116 cm³/mol. The Balaban J connectivity index is 1.86. The van der Waals surface area contributed by atoms with Crippen LogP contribution in [0.1, 0.15) is 29.9 Å². The number of hydrogen-bond acceptors (Lipinski definition) is 7. The van der Waals surface area contributed by atoms with E-state index in [4.69, 9.17) is 9.47 Å². The molecule has 3 rings (SSSR count). The van der Waals surface area contributed by atoms with Crippen LogP contribution in [0.15, 0.2) is 29.2 Å². The zero-order valence-electron chi connectivity index (χ0n) is 18.3. The van der Waals surface area contributed by atoms with Gasteiger partial charge >= 0.3 is 0 Å². The van der Waals surface area contributed by atoms with Crippen LogP contribution in [0.4, 0.5) is 5.82 Å². The summed E-state index contributed by atoms with van der Waals surface area (Å²) in [5.41, 5.74) is 1.70. The van der Waals surface area contributed by atoms with E-state index in [1.165, 1.54) is 30.6 Å². The van der Waals surface area contributed by atoms with Crippen LogP contribution >= 0.6 is 0 Å². The maximum Gasteiger partial charge on any atom is 0.243 e. The van der Waals surface area contributed by atoms with Crippen molar-refractivity contribution in [2.45, 2.75) is 37.6 Å². The highest BCUT2D eigenvalue weighted by Crippen LogP contribution is 2.29. The summed E-state index contributed by atoms with van der Waals surface area (Å²) in [6.07, 6.45) is 1.68. The van der Waals surface area contributed by atoms with Gasteiger partial charge in [-0.25, -0.2) is 18.4 Å². The molecule has 0 atom stereocenters. The van der Waals surface area contributed by atoms with Gasteiger partial charge in [0.25, 0.3) is 0 Å². The smallest absolute Gasteiger partial charge is 0.243 e. The SMILES string of the molecule is COCCCN1C(=O)CCc2c(C)nc(CN(C)S(=O)(=O)c3ccc(OC)cc3)nc21. The van der Waals surface area contributed by atoms with E-state index in [-0.39, 0.29) is 17.3 Å². The fraction of sp³-hybridized carbons (Fsp3) is 0.476. The molecule has 0 spiro atoms. The van der Waals surface area contributed by atoms with Gasteiger partial charge < -0.3 is 9.47 Å².